The third-order valence-electron chi connectivity index (χ3n) is 9.58. The fraction of sp³-hybridized carbons (Fsp3) is 0.419. The number of hydrogen-bond acceptors (Lipinski definition) is 6. The van der Waals surface area contributed by atoms with Crippen molar-refractivity contribution in [2.24, 2.45) is 28.4 Å². The van der Waals surface area contributed by atoms with Gasteiger partial charge in [-0.2, -0.15) is 10.2 Å². The highest BCUT2D eigenvalue weighted by molar-refractivity contribution is 14.1. The Morgan fingerprint density at radius 2 is 1.30 bits per heavy atom. The van der Waals surface area contributed by atoms with Gasteiger partial charge in [0.2, 0.25) is 0 Å². The predicted molar refractivity (Wildman–Crippen MR) is 178 cm³/mol. The van der Waals surface area contributed by atoms with E-state index in [1.165, 1.54) is 12.8 Å². The third-order valence-corrected chi connectivity index (χ3v) is 10.9. The highest BCUT2D eigenvalue weighted by atomic mass is 127. The molecule has 0 unspecified atom stereocenters. The average Bonchev–Trinajstić information content (AvgIpc) is 3.68. The van der Waals surface area contributed by atoms with Crippen molar-refractivity contribution in [3.8, 4) is 11.6 Å². The van der Waals surface area contributed by atoms with Crippen LogP contribution >= 0.6 is 45.2 Å². The molecule has 4 aromatic rings. The molecule has 1 amide bonds. The first kappa shape index (κ1) is 30.2. The molecule has 0 saturated heterocycles. The quantitative estimate of drug-likeness (QED) is 0.263. The SMILES string of the molecule is C.C[C@]12Cc3c(c(C(=O)O)nn3-c3cc(I)ccn3)C[C@H]1C2.C[C@]12Cc3c(c(C(N)=O)nn3-c3cc(I)ccn3)C[C@H]1C2. The van der Waals surface area contributed by atoms with E-state index < -0.39 is 11.9 Å². The van der Waals surface area contributed by atoms with Crippen molar-refractivity contribution >= 4 is 57.1 Å². The highest BCUT2D eigenvalue weighted by Gasteiger charge is 2.55. The number of pyridine rings is 2. The van der Waals surface area contributed by atoms with Gasteiger partial charge >= 0.3 is 5.97 Å². The number of nitrogens with zero attached hydrogens (tertiary/aromatic N) is 6. The predicted octanol–water partition coefficient (Wildman–Crippen LogP) is 5.43. The van der Waals surface area contributed by atoms with E-state index in [1.807, 2.05) is 28.9 Å². The Morgan fingerprint density at radius 1 is 0.860 bits per heavy atom. The van der Waals surface area contributed by atoms with E-state index in [1.54, 1.807) is 17.1 Å². The van der Waals surface area contributed by atoms with Crippen LogP contribution in [-0.4, -0.2) is 46.5 Å². The summed E-state index contributed by atoms with van der Waals surface area (Å²) in [5.41, 5.74) is 10.9. The summed E-state index contributed by atoms with van der Waals surface area (Å²) in [4.78, 5) is 31.9. The fourth-order valence-electron chi connectivity index (χ4n) is 6.87. The van der Waals surface area contributed by atoms with Gasteiger partial charge in [-0.1, -0.05) is 21.3 Å². The Morgan fingerprint density at radius 3 is 1.72 bits per heavy atom. The second-order valence-corrected chi connectivity index (χ2v) is 15.1. The summed E-state index contributed by atoms with van der Waals surface area (Å²) in [5.74, 6) is 1.36. The number of amides is 1. The molecule has 10 nitrogen and oxygen atoms in total. The second kappa shape index (κ2) is 10.6. The molecule has 4 aliphatic rings. The van der Waals surface area contributed by atoms with Gasteiger partial charge in [0.25, 0.3) is 5.91 Å². The number of nitrogens with two attached hydrogens (primary N) is 1. The Bertz CT molecular complexity index is 1670. The molecule has 4 heterocycles. The Kier molecular flexibility index (Phi) is 7.46. The van der Waals surface area contributed by atoms with Crippen LogP contribution in [0.4, 0.5) is 0 Å². The van der Waals surface area contributed by atoms with Gasteiger partial charge < -0.3 is 10.8 Å². The summed E-state index contributed by atoms with van der Waals surface area (Å²) in [6.07, 6.45) is 9.47. The van der Waals surface area contributed by atoms with Gasteiger partial charge in [0.15, 0.2) is 23.0 Å². The molecule has 2 fully saturated rings. The lowest BCUT2D eigenvalue weighted by Crippen LogP contribution is -2.18. The van der Waals surface area contributed by atoms with Crippen molar-refractivity contribution in [1.29, 1.82) is 0 Å². The van der Waals surface area contributed by atoms with Crippen LogP contribution in [-0.2, 0) is 25.7 Å². The van der Waals surface area contributed by atoms with Crippen LogP contribution in [0.15, 0.2) is 36.7 Å². The first-order valence-electron chi connectivity index (χ1n) is 13.9. The zero-order valence-corrected chi connectivity index (χ0v) is 27.5. The third kappa shape index (κ3) is 5.27. The maximum Gasteiger partial charge on any atom is 0.356 e. The smallest absolute Gasteiger partial charge is 0.356 e. The van der Waals surface area contributed by atoms with E-state index in [0.717, 1.165) is 61.2 Å². The van der Waals surface area contributed by atoms with Crippen LogP contribution in [0.3, 0.4) is 0 Å². The molecule has 4 aromatic heterocycles. The molecular weight excluding hydrogens is 772 g/mol. The largest absolute Gasteiger partial charge is 0.476 e. The molecule has 4 aliphatic carbocycles. The minimum atomic E-state index is -0.945. The molecule has 2 saturated carbocycles. The molecule has 0 bridgehead atoms. The van der Waals surface area contributed by atoms with Crippen molar-refractivity contribution in [1.82, 2.24) is 29.5 Å². The van der Waals surface area contributed by atoms with Gasteiger partial charge in [0.1, 0.15) is 0 Å². The molecule has 4 atom stereocenters. The lowest BCUT2D eigenvalue weighted by Gasteiger charge is -2.19. The number of carboxylic acids is 1. The molecule has 224 valence electrons. The molecule has 3 N–H and O–H groups in total. The number of carboxylic acid groups (broad SMARTS) is 1. The van der Waals surface area contributed by atoms with E-state index >= 15 is 0 Å². The van der Waals surface area contributed by atoms with Gasteiger partial charge in [0, 0.05) is 30.7 Å². The topological polar surface area (TPSA) is 142 Å². The van der Waals surface area contributed by atoms with Gasteiger partial charge in [-0.3, -0.25) is 4.79 Å². The van der Waals surface area contributed by atoms with E-state index in [2.05, 4.69) is 79.2 Å². The summed E-state index contributed by atoms with van der Waals surface area (Å²) < 4.78 is 5.71. The summed E-state index contributed by atoms with van der Waals surface area (Å²) in [6.45, 7) is 4.59. The van der Waals surface area contributed by atoms with Gasteiger partial charge in [-0.25, -0.2) is 24.1 Å². The molecular formula is C31H33I2N7O3. The molecule has 0 spiro atoms. The summed E-state index contributed by atoms with van der Waals surface area (Å²) >= 11 is 4.48. The number of carbonyl (C=O) groups excluding carboxylic acids is 1. The lowest BCUT2D eigenvalue weighted by atomic mass is 9.87. The number of primary amides is 1. The van der Waals surface area contributed by atoms with Gasteiger partial charge in [0.05, 0.1) is 11.4 Å². The highest BCUT2D eigenvalue weighted by Crippen LogP contribution is 2.60. The normalized spacial score (nSPS) is 25.5. The zero-order valence-electron chi connectivity index (χ0n) is 23.1. The van der Waals surface area contributed by atoms with Crippen molar-refractivity contribution < 1.29 is 14.7 Å². The van der Waals surface area contributed by atoms with Gasteiger partial charge in [-0.05, 0) is 131 Å². The first-order valence-corrected chi connectivity index (χ1v) is 16.1. The van der Waals surface area contributed by atoms with E-state index in [4.69, 9.17) is 5.73 Å². The Hall–Kier alpha value is -2.88. The van der Waals surface area contributed by atoms with Crippen LogP contribution in [0.2, 0.25) is 0 Å². The first-order chi connectivity index (χ1) is 20.0. The molecule has 0 aromatic carbocycles. The van der Waals surface area contributed by atoms with E-state index in [9.17, 15) is 14.7 Å². The average molecular weight is 805 g/mol. The molecule has 0 radical (unpaired) electrons. The minimum Gasteiger partial charge on any atom is -0.476 e. The molecule has 12 heteroatoms. The second-order valence-electron chi connectivity index (χ2n) is 12.6. The molecule has 43 heavy (non-hydrogen) atoms. The van der Waals surface area contributed by atoms with Crippen LogP contribution in [0, 0.1) is 29.8 Å². The Balaban J connectivity index is 0.000000150. The standard InChI is InChI=1S/C15H15IN4O.C15H14IN3O2.CH4/c1-15-6-8(15)4-10-11(7-15)20(19-13(10)14(17)21)12-5-9(16)2-3-18-12;1-15-6-8(15)4-10-11(7-15)19(18-13(10)14(20)21)12-5-9(16)2-3-17-12;/h2-3,5,8H,4,6-7H2,1H3,(H2,17,21);2-3,5,8H,4,6-7H2,1H3,(H,20,21);1H4/t2*8-,15-;/m00./s1. The summed E-state index contributed by atoms with van der Waals surface area (Å²) in [5, 5.41) is 18.2. The minimum absolute atomic E-state index is 0. The molecule has 0 aliphatic heterocycles. The number of halogens is 2. The van der Waals surface area contributed by atoms with E-state index in [0.29, 0.717) is 34.2 Å². The van der Waals surface area contributed by atoms with Crippen LogP contribution in [0.1, 0.15) is 77.6 Å². The van der Waals surface area contributed by atoms with Gasteiger partial charge in [-0.15, -0.1) is 0 Å². The molecule has 8 rings (SSSR count). The van der Waals surface area contributed by atoms with Crippen molar-refractivity contribution in [2.45, 2.75) is 59.8 Å². The van der Waals surface area contributed by atoms with Crippen molar-refractivity contribution in [3.63, 3.8) is 0 Å². The van der Waals surface area contributed by atoms with Crippen molar-refractivity contribution in [2.75, 3.05) is 0 Å². The number of aromatic carboxylic acids is 1. The van der Waals surface area contributed by atoms with Crippen LogP contribution in [0.25, 0.3) is 11.6 Å². The fourth-order valence-corrected chi connectivity index (χ4v) is 7.74. The number of carbonyl (C=O) groups is 2. The maximum atomic E-state index is 11.7. The van der Waals surface area contributed by atoms with E-state index in [-0.39, 0.29) is 13.1 Å². The monoisotopic (exact) mass is 805 g/mol. The number of hydrogen-bond donors (Lipinski definition) is 2. The summed E-state index contributed by atoms with van der Waals surface area (Å²) in [7, 11) is 0. The van der Waals surface area contributed by atoms with Crippen LogP contribution < -0.4 is 5.73 Å². The number of fused-ring (bicyclic) bond motifs is 4. The zero-order chi connectivity index (χ0) is 29.6. The summed E-state index contributed by atoms with van der Waals surface area (Å²) in [6, 6.07) is 7.75. The lowest BCUT2D eigenvalue weighted by molar-refractivity contribution is 0.0688. The van der Waals surface area contributed by atoms with Crippen molar-refractivity contribution in [3.05, 3.63) is 77.7 Å². The number of aromatic nitrogens is 6. The number of rotatable bonds is 4. The maximum absolute atomic E-state index is 11.7. The van der Waals surface area contributed by atoms with Crippen LogP contribution in [0.5, 0.6) is 0 Å². The Labute approximate surface area is 277 Å².